The number of sulfone groups is 1. The third-order valence-electron chi connectivity index (χ3n) is 4.71. The Balaban J connectivity index is 0.00000225. The summed E-state index contributed by atoms with van der Waals surface area (Å²) in [7, 11) is -3.18. The number of pyridine rings is 1. The standard InChI is InChI=1S/C19H18N4O3S.ClH/c1-12-3-4-14(9-13(12)2)17-6-5-16(19(24)20-17)18-10-23(22-21-18)15-7-8-27(25,26)11-15;/h3-10,15H,11H2,1-2H3,(H,20,24);1H. The van der Waals surface area contributed by atoms with Crippen molar-refractivity contribution < 1.29 is 13.5 Å². The fraction of sp³-hybridized carbons (Fsp3) is 0.211. The lowest BCUT2D eigenvalue weighted by atomic mass is 10.0. The summed E-state index contributed by atoms with van der Waals surface area (Å²) in [5.41, 5.74) is 4.81. The van der Waals surface area contributed by atoms with E-state index in [2.05, 4.69) is 15.3 Å². The minimum absolute atomic E-state index is 0. The number of hydrogen-bond acceptors (Lipinski definition) is 6. The number of rotatable bonds is 3. The van der Waals surface area contributed by atoms with Gasteiger partial charge in [-0.1, -0.05) is 17.3 Å². The second kappa shape index (κ2) is 7.37. The van der Waals surface area contributed by atoms with Crippen molar-refractivity contribution >= 4 is 22.2 Å². The first-order valence-electron chi connectivity index (χ1n) is 8.43. The highest BCUT2D eigenvalue weighted by molar-refractivity contribution is 7.94. The quantitative estimate of drug-likeness (QED) is 0.701. The molecule has 1 atom stereocenters. The van der Waals surface area contributed by atoms with Crippen molar-refractivity contribution in [3.63, 3.8) is 0 Å². The van der Waals surface area contributed by atoms with Crippen molar-refractivity contribution in [2.24, 2.45) is 0 Å². The van der Waals surface area contributed by atoms with Crippen LogP contribution in [-0.2, 0) is 9.84 Å². The molecule has 9 heteroatoms. The zero-order valence-corrected chi connectivity index (χ0v) is 16.9. The van der Waals surface area contributed by atoms with Crippen LogP contribution in [0.3, 0.4) is 0 Å². The van der Waals surface area contributed by atoms with Crippen LogP contribution in [0.5, 0.6) is 5.88 Å². The van der Waals surface area contributed by atoms with Gasteiger partial charge in [-0.25, -0.2) is 18.1 Å². The lowest BCUT2D eigenvalue weighted by Gasteiger charge is -2.07. The Kier molecular flexibility index (Phi) is 5.27. The van der Waals surface area contributed by atoms with Crippen molar-refractivity contribution in [2.45, 2.75) is 19.9 Å². The number of aryl methyl sites for hydroxylation is 2. The number of aromatic nitrogens is 4. The van der Waals surface area contributed by atoms with Crippen LogP contribution in [0.1, 0.15) is 17.2 Å². The van der Waals surface area contributed by atoms with Gasteiger partial charge in [0.15, 0.2) is 9.84 Å². The lowest BCUT2D eigenvalue weighted by Crippen LogP contribution is -2.12. The molecule has 3 aromatic rings. The van der Waals surface area contributed by atoms with E-state index in [4.69, 9.17) is 0 Å². The summed E-state index contributed by atoms with van der Waals surface area (Å²) in [6, 6.07) is 9.18. The van der Waals surface area contributed by atoms with Crippen LogP contribution in [-0.4, -0.2) is 39.3 Å². The number of halogens is 1. The summed E-state index contributed by atoms with van der Waals surface area (Å²) in [5.74, 6) is -0.182. The maximum Gasteiger partial charge on any atom is 0.221 e. The topological polar surface area (TPSA) is 98.0 Å². The fourth-order valence-corrected chi connectivity index (χ4v) is 4.27. The summed E-state index contributed by atoms with van der Waals surface area (Å²) < 4.78 is 24.6. The Bertz CT molecular complexity index is 1170. The van der Waals surface area contributed by atoms with Gasteiger partial charge in [0.2, 0.25) is 5.88 Å². The maximum absolute atomic E-state index is 11.6. The van der Waals surface area contributed by atoms with Gasteiger partial charge < -0.3 is 5.11 Å². The average Bonchev–Trinajstić information content (AvgIpc) is 3.23. The Morgan fingerprint density at radius 2 is 1.89 bits per heavy atom. The summed E-state index contributed by atoms with van der Waals surface area (Å²) in [4.78, 5) is 4.29. The smallest absolute Gasteiger partial charge is 0.221 e. The van der Waals surface area contributed by atoms with Gasteiger partial charge in [-0.05, 0) is 49.2 Å². The van der Waals surface area contributed by atoms with Gasteiger partial charge >= 0.3 is 0 Å². The molecule has 1 aliphatic heterocycles. The predicted octanol–water partition coefficient (Wildman–Crippen LogP) is 3.23. The highest BCUT2D eigenvalue weighted by Gasteiger charge is 2.24. The molecule has 1 N–H and O–H groups in total. The summed E-state index contributed by atoms with van der Waals surface area (Å²) in [6.45, 7) is 4.07. The van der Waals surface area contributed by atoms with Crippen LogP contribution in [0.15, 0.2) is 48.0 Å². The maximum atomic E-state index is 11.6. The van der Waals surface area contributed by atoms with Crippen molar-refractivity contribution in [1.29, 1.82) is 0 Å². The molecule has 0 amide bonds. The Morgan fingerprint density at radius 3 is 2.54 bits per heavy atom. The Hall–Kier alpha value is -2.71. The van der Waals surface area contributed by atoms with E-state index in [0.717, 1.165) is 11.1 Å². The molecular formula is C19H19ClN4O3S. The predicted molar refractivity (Wildman–Crippen MR) is 109 cm³/mol. The number of hydrogen-bond donors (Lipinski definition) is 1. The van der Waals surface area contributed by atoms with Crippen LogP contribution in [0, 0.1) is 13.8 Å². The molecule has 1 unspecified atom stereocenters. The molecule has 0 saturated carbocycles. The van der Waals surface area contributed by atoms with Crippen molar-refractivity contribution in [1.82, 2.24) is 20.0 Å². The molecule has 1 aliphatic rings. The zero-order chi connectivity index (χ0) is 19.2. The van der Waals surface area contributed by atoms with Gasteiger partial charge in [-0.2, -0.15) is 0 Å². The fourth-order valence-electron chi connectivity index (χ4n) is 3.00. The molecule has 4 rings (SSSR count). The molecule has 0 aliphatic carbocycles. The minimum atomic E-state index is -3.18. The zero-order valence-electron chi connectivity index (χ0n) is 15.3. The van der Waals surface area contributed by atoms with E-state index in [1.807, 2.05) is 38.1 Å². The molecule has 1 aromatic carbocycles. The highest BCUT2D eigenvalue weighted by atomic mass is 35.5. The van der Waals surface area contributed by atoms with E-state index in [1.54, 1.807) is 18.3 Å². The van der Waals surface area contributed by atoms with Crippen LogP contribution in [0.2, 0.25) is 0 Å². The van der Waals surface area contributed by atoms with Crippen LogP contribution < -0.4 is 0 Å². The van der Waals surface area contributed by atoms with Crippen molar-refractivity contribution in [3.8, 4) is 28.4 Å². The van der Waals surface area contributed by atoms with E-state index in [0.29, 0.717) is 17.0 Å². The largest absolute Gasteiger partial charge is 0.493 e. The van der Waals surface area contributed by atoms with Crippen LogP contribution >= 0.6 is 12.4 Å². The normalized spacial score (nSPS) is 17.4. The average molecular weight is 419 g/mol. The van der Waals surface area contributed by atoms with E-state index in [-0.39, 0.29) is 30.1 Å². The van der Waals surface area contributed by atoms with Gasteiger partial charge in [0.05, 0.1) is 29.2 Å². The molecular weight excluding hydrogens is 400 g/mol. The van der Waals surface area contributed by atoms with Gasteiger partial charge in [0.1, 0.15) is 5.69 Å². The van der Waals surface area contributed by atoms with Gasteiger partial charge in [0.25, 0.3) is 0 Å². The third kappa shape index (κ3) is 3.79. The van der Waals surface area contributed by atoms with Crippen molar-refractivity contribution in [2.75, 3.05) is 5.75 Å². The molecule has 146 valence electrons. The molecule has 0 fully saturated rings. The van der Waals surface area contributed by atoms with Gasteiger partial charge in [0, 0.05) is 11.0 Å². The van der Waals surface area contributed by atoms with Crippen molar-refractivity contribution in [3.05, 3.63) is 59.1 Å². The van der Waals surface area contributed by atoms with E-state index >= 15 is 0 Å². The van der Waals surface area contributed by atoms with E-state index < -0.39 is 9.84 Å². The second-order valence-electron chi connectivity index (χ2n) is 6.68. The summed E-state index contributed by atoms with van der Waals surface area (Å²) in [6.07, 6.45) is 3.19. The van der Waals surface area contributed by atoms with E-state index in [1.165, 1.54) is 15.7 Å². The first-order chi connectivity index (χ1) is 12.8. The molecule has 2 aromatic heterocycles. The molecule has 0 radical (unpaired) electrons. The molecule has 28 heavy (non-hydrogen) atoms. The SMILES string of the molecule is Cc1ccc(-c2ccc(-c3cn(C4C=CS(=O)(=O)C4)nn3)c(O)n2)cc1C.Cl. The van der Waals surface area contributed by atoms with Crippen LogP contribution in [0.25, 0.3) is 22.5 Å². The number of nitrogens with zero attached hydrogens (tertiary/aromatic N) is 4. The van der Waals surface area contributed by atoms with E-state index in [9.17, 15) is 13.5 Å². The number of aromatic hydroxyl groups is 1. The monoisotopic (exact) mass is 418 g/mol. The van der Waals surface area contributed by atoms with Gasteiger partial charge in [-0.15, -0.1) is 17.5 Å². The minimum Gasteiger partial charge on any atom is -0.493 e. The summed E-state index contributed by atoms with van der Waals surface area (Å²) in [5, 5.41) is 19.6. The highest BCUT2D eigenvalue weighted by Crippen LogP contribution is 2.30. The first-order valence-corrected chi connectivity index (χ1v) is 10.1. The van der Waals surface area contributed by atoms with Crippen LogP contribution in [0.4, 0.5) is 0 Å². The molecule has 0 saturated heterocycles. The molecule has 7 nitrogen and oxygen atoms in total. The number of benzene rings is 1. The molecule has 0 bridgehead atoms. The third-order valence-corrected chi connectivity index (χ3v) is 6.09. The molecule has 3 heterocycles. The van der Waals surface area contributed by atoms with Gasteiger partial charge in [-0.3, -0.25) is 0 Å². The first kappa shape index (κ1) is 20.0. The Morgan fingerprint density at radius 1 is 1.11 bits per heavy atom. The second-order valence-corrected chi connectivity index (χ2v) is 8.61. The Labute approximate surface area is 169 Å². The molecule has 0 spiro atoms. The lowest BCUT2D eigenvalue weighted by molar-refractivity contribution is 0.456. The summed E-state index contributed by atoms with van der Waals surface area (Å²) >= 11 is 0. The number of allylic oxidation sites excluding steroid dienone is 1.